The molecule has 1 saturated heterocycles. The number of anilines is 1. The van der Waals surface area contributed by atoms with Crippen molar-refractivity contribution >= 4 is 29.3 Å². The summed E-state index contributed by atoms with van der Waals surface area (Å²) in [7, 11) is 1.53. The van der Waals surface area contributed by atoms with Gasteiger partial charge in [-0.1, -0.05) is 25.1 Å². The van der Waals surface area contributed by atoms with Gasteiger partial charge in [0.15, 0.2) is 12.4 Å². The smallest absolute Gasteiger partial charge is 0.338 e. The van der Waals surface area contributed by atoms with Gasteiger partial charge in [-0.05, 0) is 54.8 Å². The first kappa shape index (κ1) is 21.5. The highest BCUT2D eigenvalue weighted by Crippen LogP contribution is 2.40. The number of nitrogens with zero attached hydrogens (tertiary/aromatic N) is 1. The number of carbonyl (C=O) groups excluding carboxylic acids is 4. The zero-order valence-corrected chi connectivity index (χ0v) is 17.8. The standard InChI is InChI=1S/C25H23NO6/c1-15-5-3-8-20-22(15)24(29)26(23(20)28)18-7-4-6-17(13-18)25(30)32-14-21(27)16-9-11-19(31-2)12-10-16/h3-7,9-13,15,20,22H,8,14H2,1-2H3. The molecule has 1 heterocycles. The Kier molecular flexibility index (Phi) is 5.90. The summed E-state index contributed by atoms with van der Waals surface area (Å²) in [6, 6.07) is 12.7. The molecule has 2 aromatic carbocycles. The molecule has 0 bridgehead atoms. The van der Waals surface area contributed by atoms with Crippen LogP contribution >= 0.6 is 0 Å². The molecule has 2 aliphatic rings. The maximum absolute atomic E-state index is 13.0. The number of hydrogen-bond donors (Lipinski definition) is 0. The normalized spacial score (nSPS) is 21.9. The second-order valence-corrected chi connectivity index (χ2v) is 7.95. The topological polar surface area (TPSA) is 90.0 Å². The monoisotopic (exact) mass is 433 g/mol. The van der Waals surface area contributed by atoms with Gasteiger partial charge in [-0.15, -0.1) is 0 Å². The van der Waals surface area contributed by atoms with Gasteiger partial charge in [-0.3, -0.25) is 19.3 Å². The molecule has 0 N–H and O–H groups in total. The number of fused-ring (bicyclic) bond motifs is 1. The lowest BCUT2D eigenvalue weighted by molar-refractivity contribution is -0.122. The Morgan fingerprint density at radius 1 is 1.03 bits per heavy atom. The van der Waals surface area contributed by atoms with E-state index in [9.17, 15) is 19.2 Å². The van der Waals surface area contributed by atoms with Gasteiger partial charge in [0.25, 0.3) is 0 Å². The lowest BCUT2D eigenvalue weighted by Gasteiger charge is -2.22. The quantitative estimate of drug-likeness (QED) is 0.300. The summed E-state index contributed by atoms with van der Waals surface area (Å²) >= 11 is 0. The van der Waals surface area contributed by atoms with Crippen LogP contribution in [0.2, 0.25) is 0 Å². The van der Waals surface area contributed by atoms with Crippen LogP contribution in [0.3, 0.4) is 0 Å². The summed E-state index contributed by atoms with van der Waals surface area (Å²) in [5.74, 6) is -1.73. The van der Waals surface area contributed by atoms with Crippen molar-refractivity contribution in [2.75, 3.05) is 18.6 Å². The number of ether oxygens (including phenoxy) is 2. The number of methoxy groups -OCH3 is 1. The van der Waals surface area contributed by atoms with Crippen LogP contribution in [-0.4, -0.2) is 37.3 Å². The van der Waals surface area contributed by atoms with Crippen molar-refractivity contribution < 1.29 is 28.7 Å². The summed E-state index contributed by atoms with van der Waals surface area (Å²) in [4.78, 5) is 51.8. The highest BCUT2D eigenvalue weighted by molar-refractivity contribution is 6.22. The number of carbonyl (C=O) groups is 4. The van der Waals surface area contributed by atoms with Crippen LogP contribution in [0.25, 0.3) is 0 Å². The number of allylic oxidation sites excluding steroid dienone is 2. The number of amides is 2. The molecule has 0 radical (unpaired) electrons. The molecule has 7 heteroatoms. The Balaban J connectivity index is 1.45. The van der Waals surface area contributed by atoms with E-state index in [0.29, 0.717) is 23.4 Å². The molecule has 0 spiro atoms. The first-order valence-electron chi connectivity index (χ1n) is 10.4. The number of benzene rings is 2. The van der Waals surface area contributed by atoms with Crippen LogP contribution in [0.5, 0.6) is 5.75 Å². The molecule has 0 aromatic heterocycles. The molecular weight excluding hydrogens is 410 g/mol. The molecule has 3 unspecified atom stereocenters. The van der Waals surface area contributed by atoms with Gasteiger partial charge in [0.05, 0.1) is 30.2 Å². The number of esters is 1. The Labute approximate surface area is 185 Å². The van der Waals surface area contributed by atoms with E-state index >= 15 is 0 Å². The maximum Gasteiger partial charge on any atom is 0.338 e. The van der Waals surface area contributed by atoms with Crippen LogP contribution in [0.15, 0.2) is 60.7 Å². The van der Waals surface area contributed by atoms with E-state index < -0.39 is 12.6 Å². The highest BCUT2D eigenvalue weighted by Gasteiger charge is 2.50. The van der Waals surface area contributed by atoms with Crippen molar-refractivity contribution in [2.24, 2.45) is 17.8 Å². The van der Waals surface area contributed by atoms with Gasteiger partial charge >= 0.3 is 5.97 Å². The first-order chi connectivity index (χ1) is 15.4. The van der Waals surface area contributed by atoms with E-state index in [2.05, 4.69) is 0 Å². The van der Waals surface area contributed by atoms with Crippen LogP contribution in [-0.2, 0) is 14.3 Å². The van der Waals surface area contributed by atoms with Gasteiger partial charge < -0.3 is 9.47 Å². The Hall–Kier alpha value is -3.74. The minimum absolute atomic E-state index is 0.0210. The molecule has 2 amide bonds. The van der Waals surface area contributed by atoms with Crippen molar-refractivity contribution in [3.05, 3.63) is 71.8 Å². The van der Waals surface area contributed by atoms with Gasteiger partial charge in [-0.25, -0.2) is 4.79 Å². The van der Waals surface area contributed by atoms with Crippen molar-refractivity contribution in [2.45, 2.75) is 13.3 Å². The van der Waals surface area contributed by atoms with E-state index in [1.807, 2.05) is 19.1 Å². The number of imide groups is 1. The average molecular weight is 433 g/mol. The second-order valence-electron chi connectivity index (χ2n) is 7.95. The number of Topliss-reactive ketones (excluding diaryl/α,β-unsaturated/α-hetero) is 1. The Morgan fingerprint density at radius 2 is 1.78 bits per heavy atom. The minimum Gasteiger partial charge on any atom is -0.497 e. The summed E-state index contributed by atoms with van der Waals surface area (Å²) in [6.45, 7) is 1.50. The molecule has 4 rings (SSSR count). The molecule has 164 valence electrons. The van der Waals surface area contributed by atoms with Crippen molar-refractivity contribution in [1.29, 1.82) is 0 Å². The summed E-state index contributed by atoms with van der Waals surface area (Å²) in [5.41, 5.74) is 0.884. The second kappa shape index (κ2) is 8.78. The third-order valence-electron chi connectivity index (χ3n) is 5.96. The van der Waals surface area contributed by atoms with Gasteiger partial charge in [0, 0.05) is 5.56 Å². The fourth-order valence-corrected chi connectivity index (χ4v) is 4.25. The van der Waals surface area contributed by atoms with E-state index in [1.54, 1.807) is 36.4 Å². The predicted molar refractivity (Wildman–Crippen MR) is 116 cm³/mol. The number of rotatable bonds is 6. The van der Waals surface area contributed by atoms with E-state index in [-0.39, 0.29) is 40.9 Å². The third-order valence-corrected chi connectivity index (χ3v) is 5.96. The molecular formula is C25H23NO6. The molecule has 3 atom stereocenters. The molecule has 7 nitrogen and oxygen atoms in total. The van der Waals surface area contributed by atoms with Gasteiger partial charge in [0.2, 0.25) is 11.8 Å². The molecule has 1 fully saturated rings. The maximum atomic E-state index is 13.0. The third kappa shape index (κ3) is 3.93. The first-order valence-corrected chi connectivity index (χ1v) is 10.4. The molecule has 2 aromatic rings. The van der Waals surface area contributed by atoms with E-state index in [0.717, 1.165) is 4.90 Å². The molecule has 32 heavy (non-hydrogen) atoms. The Bertz CT molecular complexity index is 1100. The molecule has 1 aliphatic heterocycles. The average Bonchev–Trinajstić information content (AvgIpc) is 3.08. The van der Waals surface area contributed by atoms with Crippen LogP contribution < -0.4 is 9.64 Å². The lowest BCUT2D eigenvalue weighted by Crippen LogP contribution is -2.31. The molecule has 0 saturated carbocycles. The summed E-state index contributed by atoms with van der Waals surface area (Å²) in [6.07, 6.45) is 4.43. The fourth-order valence-electron chi connectivity index (χ4n) is 4.25. The Morgan fingerprint density at radius 3 is 2.47 bits per heavy atom. The van der Waals surface area contributed by atoms with E-state index in [1.165, 1.54) is 19.2 Å². The van der Waals surface area contributed by atoms with Crippen LogP contribution in [0.4, 0.5) is 5.69 Å². The minimum atomic E-state index is -0.708. The SMILES string of the molecule is COc1ccc(C(=O)COC(=O)c2cccc(N3C(=O)C4CC=CC(C)C4C3=O)c2)cc1. The summed E-state index contributed by atoms with van der Waals surface area (Å²) < 4.78 is 10.2. The van der Waals surface area contributed by atoms with Crippen LogP contribution in [0.1, 0.15) is 34.1 Å². The van der Waals surface area contributed by atoms with Crippen LogP contribution in [0, 0.1) is 17.8 Å². The highest BCUT2D eigenvalue weighted by atomic mass is 16.5. The van der Waals surface area contributed by atoms with Crippen molar-refractivity contribution in [3.8, 4) is 5.75 Å². The van der Waals surface area contributed by atoms with Gasteiger partial charge in [0.1, 0.15) is 5.75 Å². The van der Waals surface area contributed by atoms with Crippen molar-refractivity contribution in [3.63, 3.8) is 0 Å². The fraction of sp³-hybridized carbons (Fsp3) is 0.280. The summed E-state index contributed by atoms with van der Waals surface area (Å²) in [5, 5.41) is 0. The number of hydrogen-bond acceptors (Lipinski definition) is 6. The largest absolute Gasteiger partial charge is 0.497 e. The lowest BCUT2D eigenvalue weighted by atomic mass is 9.78. The zero-order valence-electron chi connectivity index (χ0n) is 17.8. The van der Waals surface area contributed by atoms with Gasteiger partial charge in [-0.2, -0.15) is 0 Å². The van der Waals surface area contributed by atoms with E-state index in [4.69, 9.17) is 9.47 Å². The zero-order chi connectivity index (χ0) is 22.8. The molecule has 1 aliphatic carbocycles. The number of ketones is 1. The van der Waals surface area contributed by atoms with Crippen molar-refractivity contribution in [1.82, 2.24) is 0 Å². The predicted octanol–water partition coefficient (Wildman–Crippen LogP) is 3.44.